The highest BCUT2D eigenvalue weighted by Crippen LogP contribution is 2.43. The number of ether oxygens (including phenoxy) is 1. The maximum atomic E-state index is 15.1. The molecule has 1 aromatic carbocycles. The standard InChI is InChI=1S/C23H20F3N5O5S/c1-37(34,35)10-17(32)28-20-19(15-4-3-12(24)9-27-15)30-31-11-23(29-22(33)21(20)31)5-2-6-36-16-8-13(25)7-14(26)18(16)23/h3-4,7-9H,2,5-6,10-11H2,1H3,(H,28,32)(H,29,33)/t23-/m0/s1. The molecule has 2 amide bonds. The van der Waals surface area contributed by atoms with Crippen molar-refractivity contribution in [3.63, 3.8) is 0 Å². The average Bonchev–Trinajstić information content (AvgIpc) is 3.03. The van der Waals surface area contributed by atoms with Crippen LogP contribution in [0.3, 0.4) is 0 Å². The molecule has 2 aliphatic heterocycles. The highest BCUT2D eigenvalue weighted by atomic mass is 32.2. The topological polar surface area (TPSA) is 132 Å². The van der Waals surface area contributed by atoms with Gasteiger partial charge < -0.3 is 15.4 Å². The Morgan fingerprint density at radius 2 is 2.03 bits per heavy atom. The molecule has 5 rings (SSSR count). The van der Waals surface area contributed by atoms with E-state index in [1.807, 2.05) is 0 Å². The van der Waals surface area contributed by atoms with Crippen LogP contribution in [0.15, 0.2) is 30.5 Å². The van der Waals surface area contributed by atoms with Crippen LogP contribution >= 0.6 is 0 Å². The summed E-state index contributed by atoms with van der Waals surface area (Å²) in [6.07, 6.45) is 2.42. The number of carbonyl (C=O) groups is 2. The van der Waals surface area contributed by atoms with Crippen LogP contribution in [0.4, 0.5) is 18.9 Å². The number of pyridine rings is 1. The van der Waals surface area contributed by atoms with Gasteiger partial charge in [-0.1, -0.05) is 0 Å². The lowest BCUT2D eigenvalue weighted by Gasteiger charge is -2.38. The van der Waals surface area contributed by atoms with Crippen LogP contribution in [0.5, 0.6) is 5.75 Å². The lowest BCUT2D eigenvalue weighted by molar-refractivity contribution is -0.113. The van der Waals surface area contributed by atoms with Gasteiger partial charge in [0.25, 0.3) is 5.91 Å². The summed E-state index contributed by atoms with van der Waals surface area (Å²) in [4.78, 5) is 29.9. The second-order valence-corrected chi connectivity index (χ2v) is 11.1. The van der Waals surface area contributed by atoms with E-state index in [-0.39, 0.29) is 53.7 Å². The highest BCUT2D eigenvalue weighted by molar-refractivity contribution is 7.91. The van der Waals surface area contributed by atoms with Crippen molar-refractivity contribution in [2.24, 2.45) is 0 Å². The zero-order valence-electron chi connectivity index (χ0n) is 19.3. The van der Waals surface area contributed by atoms with E-state index >= 15 is 4.39 Å². The molecule has 0 saturated heterocycles. The first-order valence-electron chi connectivity index (χ1n) is 11.1. The fraction of sp³-hybridized carbons (Fsp3) is 0.304. The second-order valence-electron chi connectivity index (χ2n) is 8.96. The third kappa shape index (κ3) is 4.63. The van der Waals surface area contributed by atoms with Gasteiger partial charge in [0.2, 0.25) is 5.91 Å². The molecule has 10 nitrogen and oxygen atoms in total. The lowest BCUT2D eigenvalue weighted by Crippen LogP contribution is -2.54. The number of benzene rings is 1. The number of sulfone groups is 1. The molecule has 2 aliphatic rings. The van der Waals surface area contributed by atoms with E-state index in [9.17, 15) is 26.8 Å². The van der Waals surface area contributed by atoms with Crippen molar-refractivity contribution in [2.45, 2.75) is 24.9 Å². The van der Waals surface area contributed by atoms with Gasteiger partial charge in [0, 0.05) is 18.4 Å². The number of rotatable bonds is 4. The van der Waals surface area contributed by atoms with E-state index in [2.05, 4.69) is 20.7 Å². The van der Waals surface area contributed by atoms with Gasteiger partial charge in [-0.15, -0.1) is 0 Å². The van der Waals surface area contributed by atoms with Crippen LogP contribution < -0.4 is 15.4 Å². The Morgan fingerprint density at radius 1 is 1.24 bits per heavy atom. The Hall–Kier alpha value is -3.94. The van der Waals surface area contributed by atoms with Crippen molar-refractivity contribution >= 4 is 27.3 Å². The highest BCUT2D eigenvalue weighted by Gasteiger charge is 2.46. The number of hydrogen-bond acceptors (Lipinski definition) is 7. The van der Waals surface area contributed by atoms with Crippen molar-refractivity contribution in [3.05, 3.63) is 59.2 Å². The quantitative estimate of drug-likeness (QED) is 0.523. The van der Waals surface area contributed by atoms with Crippen molar-refractivity contribution < 1.29 is 35.9 Å². The maximum Gasteiger partial charge on any atom is 0.272 e. The van der Waals surface area contributed by atoms with Crippen LogP contribution in [0, 0.1) is 17.5 Å². The molecule has 37 heavy (non-hydrogen) atoms. The Labute approximate surface area is 208 Å². The molecule has 4 heterocycles. The van der Waals surface area contributed by atoms with Crippen LogP contribution in [0.2, 0.25) is 0 Å². The molecule has 0 radical (unpaired) electrons. The van der Waals surface area contributed by atoms with Gasteiger partial charge in [-0.05, 0) is 25.0 Å². The number of anilines is 1. The Balaban J connectivity index is 1.65. The van der Waals surface area contributed by atoms with Gasteiger partial charge in [0.1, 0.15) is 40.3 Å². The van der Waals surface area contributed by atoms with Gasteiger partial charge in [-0.25, -0.2) is 21.6 Å². The predicted molar refractivity (Wildman–Crippen MR) is 124 cm³/mol. The number of hydrogen-bond donors (Lipinski definition) is 2. The predicted octanol–water partition coefficient (Wildman–Crippen LogP) is 2.16. The average molecular weight is 536 g/mol. The summed E-state index contributed by atoms with van der Waals surface area (Å²) in [6.45, 7) is 0.0418. The summed E-state index contributed by atoms with van der Waals surface area (Å²) in [7, 11) is -3.70. The van der Waals surface area contributed by atoms with E-state index in [0.717, 1.165) is 24.6 Å². The normalized spacial score (nSPS) is 18.9. The maximum absolute atomic E-state index is 15.1. The van der Waals surface area contributed by atoms with E-state index in [4.69, 9.17) is 4.74 Å². The van der Waals surface area contributed by atoms with Crippen LogP contribution in [0.25, 0.3) is 11.4 Å². The SMILES string of the molecule is CS(=O)(=O)CC(=O)Nc1c(-c2ccc(F)cn2)nn2c1C(=O)N[C@@]1(CCCOc3cc(F)cc(F)c31)C2. The summed E-state index contributed by atoms with van der Waals surface area (Å²) >= 11 is 0. The Morgan fingerprint density at radius 3 is 2.73 bits per heavy atom. The molecule has 2 aromatic heterocycles. The van der Waals surface area contributed by atoms with Crippen molar-refractivity contribution in [3.8, 4) is 17.1 Å². The largest absolute Gasteiger partial charge is 0.493 e. The first-order valence-corrected chi connectivity index (χ1v) is 13.2. The number of halogens is 3. The van der Waals surface area contributed by atoms with Gasteiger partial charge in [-0.2, -0.15) is 5.10 Å². The first kappa shape index (κ1) is 24.7. The number of carbonyl (C=O) groups excluding carboxylic acids is 2. The number of nitrogens with one attached hydrogen (secondary N) is 2. The summed E-state index contributed by atoms with van der Waals surface area (Å²) in [5, 5.41) is 9.62. The van der Waals surface area contributed by atoms with Crippen LogP contribution in [0.1, 0.15) is 28.9 Å². The molecule has 0 unspecified atom stereocenters. The van der Waals surface area contributed by atoms with Gasteiger partial charge in [0.15, 0.2) is 15.5 Å². The van der Waals surface area contributed by atoms with Crippen LogP contribution in [-0.2, 0) is 26.7 Å². The number of amides is 2. The zero-order chi connectivity index (χ0) is 26.5. The molecule has 0 aliphatic carbocycles. The third-order valence-electron chi connectivity index (χ3n) is 6.07. The summed E-state index contributed by atoms with van der Waals surface area (Å²) in [5.41, 5.74) is -1.59. The van der Waals surface area contributed by atoms with E-state index in [0.29, 0.717) is 12.5 Å². The third-order valence-corrected chi connectivity index (χ3v) is 6.86. The molecule has 14 heteroatoms. The van der Waals surface area contributed by atoms with Crippen molar-refractivity contribution in [1.29, 1.82) is 0 Å². The number of aromatic nitrogens is 3. The molecule has 0 fully saturated rings. The lowest BCUT2D eigenvalue weighted by atomic mass is 9.83. The smallest absolute Gasteiger partial charge is 0.272 e. The minimum absolute atomic E-state index is 0.0197. The van der Waals surface area contributed by atoms with E-state index < -0.39 is 50.4 Å². The molecule has 1 spiro atoms. The van der Waals surface area contributed by atoms with Gasteiger partial charge in [-0.3, -0.25) is 19.3 Å². The minimum atomic E-state index is -3.70. The molecule has 1 atom stereocenters. The molecule has 3 aromatic rings. The fourth-order valence-corrected chi connectivity index (χ4v) is 5.25. The molecule has 2 N–H and O–H groups in total. The van der Waals surface area contributed by atoms with Gasteiger partial charge in [0.05, 0.1) is 36.1 Å². The monoisotopic (exact) mass is 535 g/mol. The zero-order valence-corrected chi connectivity index (χ0v) is 20.2. The molecular formula is C23H20F3N5O5S. The fourth-order valence-electron chi connectivity index (χ4n) is 4.70. The van der Waals surface area contributed by atoms with Crippen molar-refractivity contribution in [1.82, 2.24) is 20.1 Å². The van der Waals surface area contributed by atoms with E-state index in [1.54, 1.807) is 0 Å². The summed E-state index contributed by atoms with van der Waals surface area (Å²) in [6, 6.07) is 4.12. The Bertz CT molecular complexity index is 1540. The number of nitrogens with zero attached hydrogens (tertiary/aromatic N) is 3. The van der Waals surface area contributed by atoms with Crippen molar-refractivity contribution in [2.75, 3.05) is 23.9 Å². The van der Waals surface area contributed by atoms with E-state index in [1.165, 1.54) is 10.7 Å². The number of fused-ring (bicyclic) bond motifs is 3. The summed E-state index contributed by atoms with van der Waals surface area (Å²) in [5.74, 6) is -4.97. The van der Waals surface area contributed by atoms with Crippen LogP contribution in [-0.4, -0.2) is 53.6 Å². The minimum Gasteiger partial charge on any atom is -0.493 e. The van der Waals surface area contributed by atoms with Gasteiger partial charge >= 0.3 is 0 Å². The molecular weight excluding hydrogens is 515 g/mol. The second kappa shape index (κ2) is 8.87. The first-order chi connectivity index (χ1) is 17.5. The summed E-state index contributed by atoms with van der Waals surface area (Å²) < 4.78 is 72.6. The molecule has 194 valence electrons. The Kier molecular flexibility index (Phi) is 5.93. The molecule has 0 bridgehead atoms. The molecule has 0 saturated carbocycles.